The molecule has 0 unspecified atom stereocenters. The van der Waals surface area contributed by atoms with Gasteiger partial charge in [-0.15, -0.1) is 24.0 Å². The average molecular weight is 492 g/mol. The summed E-state index contributed by atoms with van der Waals surface area (Å²) < 4.78 is 11.0. The summed E-state index contributed by atoms with van der Waals surface area (Å²) in [6, 6.07) is 7.61. The van der Waals surface area contributed by atoms with Crippen LogP contribution in [-0.4, -0.2) is 63.3 Å². The molecule has 8 heteroatoms. The Kier molecular flexibility index (Phi) is 12.0. The fraction of sp³-hybridized carbons (Fsp3) is 0.579. The zero-order chi connectivity index (χ0) is 19.6. The van der Waals surface area contributed by atoms with Crippen molar-refractivity contribution in [2.75, 3.05) is 40.9 Å². The largest absolute Gasteiger partial charge is 0.484 e. The van der Waals surface area contributed by atoms with Crippen molar-refractivity contribution in [1.29, 1.82) is 0 Å². The molecule has 0 aliphatic carbocycles. The van der Waals surface area contributed by atoms with Gasteiger partial charge in [-0.3, -0.25) is 4.79 Å². The lowest BCUT2D eigenvalue weighted by atomic mass is 10.1. The Bertz CT molecular complexity index is 606. The Morgan fingerprint density at radius 1 is 1.26 bits per heavy atom. The number of rotatable bonds is 9. The Morgan fingerprint density at radius 2 is 1.96 bits per heavy atom. The summed E-state index contributed by atoms with van der Waals surface area (Å²) in [7, 11) is 5.10. The topological polar surface area (TPSA) is 75.2 Å². The standard InChI is InChI=1S/C19H32N4O3.HI/c1-7-20-18(22-14-19(2,3)25-6)21-12-15-9-8-10-16(11-15)26-13-17(24)23(4)5;/h8-11H,7,12-14H2,1-6H3,(H2,20,21,22);1H. The first-order valence-corrected chi connectivity index (χ1v) is 8.76. The number of carbonyl (C=O) groups is 1. The second-order valence-corrected chi connectivity index (χ2v) is 6.74. The third kappa shape index (κ3) is 10.4. The summed E-state index contributed by atoms with van der Waals surface area (Å²) in [5.41, 5.74) is 0.728. The van der Waals surface area contributed by atoms with E-state index in [9.17, 15) is 4.79 Å². The number of methoxy groups -OCH3 is 1. The SMILES string of the molecule is CCNC(=NCc1cccc(OCC(=O)N(C)C)c1)NCC(C)(C)OC.I. The molecule has 1 aromatic carbocycles. The Hall–Kier alpha value is -1.55. The van der Waals surface area contributed by atoms with E-state index in [1.165, 1.54) is 4.90 Å². The molecule has 0 saturated heterocycles. The molecule has 1 aromatic rings. The minimum absolute atomic E-state index is 0. The van der Waals surface area contributed by atoms with Crippen LogP contribution in [0.1, 0.15) is 26.3 Å². The van der Waals surface area contributed by atoms with E-state index in [0.29, 0.717) is 18.8 Å². The zero-order valence-corrected chi connectivity index (χ0v) is 19.5. The predicted molar refractivity (Wildman–Crippen MR) is 120 cm³/mol. The number of carbonyl (C=O) groups excluding carboxylic acids is 1. The van der Waals surface area contributed by atoms with E-state index < -0.39 is 0 Å². The van der Waals surface area contributed by atoms with Gasteiger partial charge in [-0.25, -0.2) is 4.99 Å². The highest BCUT2D eigenvalue weighted by atomic mass is 127. The predicted octanol–water partition coefficient (Wildman–Crippen LogP) is 2.25. The lowest BCUT2D eigenvalue weighted by Crippen LogP contribution is -2.45. The maximum Gasteiger partial charge on any atom is 0.259 e. The molecule has 1 rings (SSSR count). The molecule has 0 saturated carbocycles. The minimum Gasteiger partial charge on any atom is -0.484 e. The van der Waals surface area contributed by atoms with Crippen LogP contribution in [0.3, 0.4) is 0 Å². The smallest absolute Gasteiger partial charge is 0.259 e. The van der Waals surface area contributed by atoms with Crippen LogP contribution >= 0.6 is 24.0 Å². The van der Waals surface area contributed by atoms with Crippen LogP contribution in [0.4, 0.5) is 0 Å². The van der Waals surface area contributed by atoms with E-state index in [4.69, 9.17) is 9.47 Å². The van der Waals surface area contributed by atoms with Crippen molar-refractivity contribution in [3.05, 3.63) is 29.8 Å². The first kappa shape index (κ1) is 25.4. The van der Waals surface area contributed by atoms with Crippen LogP contribution in [0.2, 0.25) is 0 Å². The van der Waals surface area contributed by atoms with Crippen LogP contribution < -0.4 is 15.4 Å². The normalized spacial score (nSPS) is 11.4. The van der Waals surface area contributed by atoms with Crippen LogP contribution in [0.25, 0.3) is 0 Å². The molecule has 1 amide bonds. The second-order valence-electron chi connectivity index (χ2n) is 6.74. The molecule has 0 aliphatic heterocycles. The molecule has 0 radical (unpaired) electrons. The third-order valence-electron chi connectivity index (χ3n) is 3.76. The molecule has 0 heterocycles. The van der Waals surface area contributed by atoms with Gasteiger partial charge in [0.05, 0.1) is 12.1 Å². The van der Waals surface area contributed by atoms with Gasteiger partial charge in [-0.05, 0) is 38.5 Å². The quantitative estimate of drug-likeness (QED) is 0.314. The first-order valence-electron chi connectivity index (χ1n) is 8.76. The van der Waals surface area contributed by atoms with E-state index >= 15 is 0 Å². The zero-order valence-electron chi connectivity index (χ0n) is 17.2. The highest BCUT2D eigenvalue weighted by Gasteiger charge is 2.16. The van der Waals surface area contributed by atoms with Crippen molar-refractivity contribution in [2.45, 2.75) is 32.9 Å². The first-order chi connectivity index (χ1) is 12.3. The molecule has 7 nitrogen and oxygen atoms in total. The summed E-state index contributed by atoms with van der Waals surface area (Å²) >= 11 is 0. The molecule has 154 valence electrons. The Labute approximate surface area is 179 Å². The fourth-order valence-electron chi connectivity index (χ4n) is 1.89. The van der Waals surface area contributed by atoms with Gasteiger partial charge in [0.15, 0.2) is 12.6 Å². The van der Waals surface area contributed by atoms with Crippen molar-refractivity contribution in [3.63, 3.8) is 0 Å². The maximum absolute atomic E-state index is 11.6. The van der Waals surface area contributed by atoms with Gasteiger partial charge in [0.1, 0.15) is 5.75 Å². The summed E-state index contributed by atoms with van der Waals surface area (Å²) in [4.78, 5) is 17.7. The molecule has 2 N–H and O–H groups in total. The van der Waals surface area contributed by atoms with Gasteiger partial charge in [0.25, 0.3) is 5.91 Å². The van der Waals surface area contributed by atoms with E-state index in [2.05, 4.69) is 15.6 Å². The van der Waals surface area contributed by atoms with E-state index in [1.807, 2.05) is 45.0 Å². The molecular weight excluding hydrogens is 459 g/mol. The number of halogens is 1. The minimum atomic E-state index is -0.275. The number of amides is 1. The van der Waals surface area contributed by atoms with Crippen LogP contribution in [0.5, 0.6) is 5.75 Å². The molecule has 0 bridgehead atoms. The average Bonchev–Trinajstić information content (AvgIpc) is 2.62. The summed E-state index contributed by atoms with van der Waals surface area (Å²) in [6.07, 6.45) is 0. The van der Waals surface area contributed by atoms with Crippen molar-refractivity contribution in [2.24, 2.45) is 4.99 Å². The molecule has 0 spiro atoms. The second kappa shape index (κ2) is 12.8. The van der Waals surface area contributed by atoms with E-state index in [0.717, 1.165) is 18.1 Å². The highest BCUT2D eigenvalue weighted by molar-refractivity contribution is 14.0. The summed E-state index contributed by atoms with van der Waals surface area (Å²) in [5.74, 6) is 1.31. The highest BCUT2D eigenvalue weighted by Crippen LogP contribution is 2.14. The number of hydrogen-bond donors (Lipinski definition) is 2. The number of guanidine groups is 1. The monoisotopic (exact) mass is 492 g/mol. The van der Waals surface area contributed by atoms with Crippen LogP contribution in [0, 0.1) is 0 Å². The van der Waals surface area contributed by atoms with Crippen molar-refractivity contribution in [3.8, 4) is 5.75 Å². The number of nitrogens with one attached hydrogen (secondary N) is 2. The number of nitrogens with zero attached hydrogens (tertiary/aromatic N) is 2. The number of ether oxygens (including phenoxy) is 2. The molecule has 0 fully saturated rings. The molecule has 0 aromatic heterocycles. The number of hydrogen-bond acceptors (Lipinski definition) is 4. The number of likely N-dealkylation sites (N-methyl/N-ethyl adjacent to an activating group) is 1. The van der Waals surface area contributed by atoms with Crippen LogP contribution in [-0.2, 0) is 16.1 Å². The Morgan fingerprint density at radius 3 is 2.56 bits per heavy atom. The van der Waals surface area contributed by atoms with Crippen molar-refractivity contribution >= 4 is 35.8 Å². The van der Waals surface area contributed by atoms with E-state index in [1.54, 1.807) is 21.2 Å². The molecule has 27 heavy (non-hydrogen) atoms. The molecule has 0 atom stereocenters. The summed E-state index contributed by atoms with van der Waals surface area (Å²) in [6.45, 7) is 7.99. The van der Waals surface area contributed by atoms with Crippen molar-refractivity contribution < 1.29 is 14.3 Å². The number of aliphatic imine (C=N–C) groups is 1. The number of benzene rings is 1. The fourth-order valence-corrected chi connectivity index (χ4v) is 1.89. The lowest BCUT2D eigenvalue weighted by molar-refractivity contribution is -0.130. The molecule has 0 aliphatic rings. The molecular formula is C19H33IN4O3. The van der Waals surface area contributed by atoms with Gasteiger partial charge in [-0.1, -0.05) is 12.1 Å². The van der Waals surface area contributed by atoms with Gasteiger partial charge in [0, 0.05) is 34.3 Å². The van der Waals surface area contributed by atoms with Gasteiger partial charge in [-0.2, -0.15) is 0 Å². The van der Waals surface area contributed by atoms with E-state index in [-0.39, 0.29) is 42.1 Å². The van der Waals surface area contributed by atoms with Gasteiger partial charge in [0.2, 0.25) is 0 Å². The van der Waals surface area contributed by atoms with Crippen molar-refractivity contribution in [1.82, 2.24) is 15.5 Å². The Balaban J connectivity index is 0.00000676. The van der Waals surface area contributed by atoms with Gasteiger partial charge >= 0.3 is 0 Å². The third-order valence-corrected chi connectivity index (χ3v) is 3.76. The summed E-state index contributed by atoms with van der Waals surface area (Å²) in [5, 5.41) is 6.50. The lowest BCUT2D eigenvalue weighted by Gasteiger charge is -2.24. The van der Waals surface area contributed by atoms with Crippen LogP contribution in [0.15, 0.2) is 29.3 Å². The van der Waals surface area contributed by atoms with Gasteiger partial charge < -0.3 is 25.0 Å². The maximum atomic E-state index is 11.6.